The lowest BCUT2D eigenvalue weighted by Gasteiger charge is -2.19. The fourth-order valence-corrected chi connectivity index (χ4v) is 2.57. The minimum absolute atomic E-state index is 0.0350. The number of rotatable bonds is 0. The van der Waals surface area contributed by atoms with Crippen LogP contribution in [0.15, 0.2) is 0 Å². The predicted molar refractivity (Wildman–Crippen MR) is 35.9 cm³/mol. The van der Waals surface area contributed by atoms with E-state index in [4.69, 9.17) is 9.47 Å². The first-order valence-corrected chi connectivity index (χ1v) is 4.15. The summed E-state index contributed by atoms with van der Waals surface area (Å²) in [5.74, 6) is 0.0356. The number of ether oxygens (including phenoxy) is 2. The van der Waals surface area contributed by atoms with Crippen LogP contribution in [0.1, 0.15) is 19.3 Å². The quantitative estimate of drug-likeness (QED) is 0.476. The molecule has 3 saturated heterocycles. The molecule has 3 rings (SSSR count). The monoisotopic (exact) mass is 154 g/mol. The number of hydrogen-bond donors (Lipinski definition) is 0. The van der Waals surface area contributed by atoms with Crippen molar-refractivity contribution < 1.29 is 14.3 Å². The SMILES string of the molecule is O=C1OC[C@@]23CC[C@@H](C[C@H]12)O3. The lowest BCUT2D eigenvalue weighted by Crippen LogP contribution is -2.33. The summed E-state index contributed by atoms with van der Waals surface area (Å²) < 4.78 is 10.7. The van der Waals surface area contributed by atoms with Crippen molar-refractivity contribution in [3.05, 3.63) is 0 Å². The molecule has 3 heterocycles. The molecule has 3 aliphatic heterocycles. The Hall–Kier alpha value is -0.570. The first kappa shape index (κ1) is 6.00. The van der Waals surface area contributed by atoms with E-state index in [1.165, 1.54) is 0 Å². The van der Waals surface area contributed by atoms with Gasteiger partial charge in [-0.25, -0.2) is 0 Å². The molecular weight excluding hydrogens is 144 g/mol. The Balaban J connectivity index is 2.02. The highest BCUT2D eigenvalue weighted by Crippen LogP contribution is 2.51. The van der Waals surface area contributed by atoms with Gasteiger partial charge in [-0.2, -0.15) is 0 Å². The molecule has 0 aliphatic carbocycles. The highest BCUT2D eigenvalue weighted by Gasteiger charge is 2.61. The normalized spacial score (nSPS) is 52.9. The van der Waals surface area contributed by atoms with Crippen LogP contribution in [-0.4, -0.2) is 24.3 Å². The zero-order valence-electron chi connectivity index (χ0n) is 6.21. The standard InChI is InChI=1S/C8H10O3/c9-7-6-3-5-1-2-8(6,11-5)4-10-7/h5-6H,1-4H2/t5-,6+,8-/m0/s1. The molecule has 2 bridgehead atoms. The van der Waals surface area contributed by atoms with E-state index in [1.807, 2.05) is 0 Å². The second-order valence-corrected chi connectivity index (χ2v) is 3.74. The first-order chi connectivity index (χ1) is 5.30. The molecule has 3 fully saturated rings. The molecule has 0 saturated carbocycles. The van der Waals surface area contributed by atoms with Gasteiger partial charge in [0.15, 0.2) is 0 Å². The lowest BCUT2D eigenvalue weighted by molar-refractivity contribution is -0.141. The number of esters is 1. The van der Waals surface area contributed by atoms with Gasteiger partial charge in [-0.15, -0.1) is 0 Å². The number of carbonyl (C=O) groups excluding carboxylic acids is 1. The van der Waals surface area contributed by atoms with E-state index >= 15 is 0 Å². The Morgan fingerprint density at radius 3 is 3.18 bits per heavy atom. The van der Waals surface area contributed by atoms with E-state index in [0.29, 0.717) is 12.7 Å². The molecule has 3 atom stereocenters. The van der Waals surface area contributed by atoms with Gasteiger partial charge in [0.2, 0.25) is 0 Å². The van der Waals surface area contributed by atoms with Crippen molar-refractivity contribution in [3.8, 4) is 0 Å². The second kappa shape index (κ2) is 1.61. The van der Waals surface area contributed by atoms with Crippen LogP contribution in [-0.2, 0) is 14.3 Å². The summed E-state index contributed by atoms with van der Waals surface area (Å²) in [5.41, 5.74) is -0.179. The molecule has 0 aromatic heterocycles. The Morgan fingerprint density at radius 2 is 2.45 bits per heavy atom. The van der Waals surface area contributed by atoms with Crippen LogP contribution < -0.4 is 0 Å². The van der Waals surface area contributed by atoms with Crippen LogP contribution in [0.4, 0.5) is 0 Å². The average molecular weight is 154 g/mol. The Kier molecular flexibility index (Phi) is 0.876. The summed E-state index contributed by atoms with van der Waals surface area (Å²) >= 11 is 0. The van der Waals surface area contributed by atoms with E-state index in [1.54, 1.807) is 0 Å². The van der Waals surface area contributed by atoms with Crippen LogP contribution in [0.5, 0.6) is 0 Å². The van der Waals surface area contributed by atoms with E-state index in [2.05, 4.69) is 0 Å². The molecule has 0 amide bonds. The molecule has 0 aromatic carbocycles. The van der Waals surface area contributed by atoms with Crippen molar-refractivity contribution in [2.24, 2.45) is 5.92 Å². The zero-order chi connectivity index (χ0) is 7.47. The lowest BCUT2D eigenvalue weighted by atomic mass is 9.81. The number of cyclic esters (lactones) is 1. The molecular formula is C8H10O3. The van der Waals surface area contributed by atoms with Crippen molar-refractivity contribution in [2.45, 2.75) is 31.0 Å². The Labute approximate surface area is 64.7 Å². The summed E-state index contributed by atoms with van der Waals surface area (Å²) in [6.07, 6.45) is 3.40. The van der Waals surface area contributed by atoms with Crippen molar-refractivity contribution in [3.63, 3.8) is 0 Å². The summed E-state index contributed by atoms with van der Waals surface area (Å²) in [6.45, 7) is 0.507. The van der Waals surface area contributed by atoms with Gasteiger partial charge < -0.3 is 9.47 Å². The maximum atomic E-state index is 11.1. The number of hydrogen-bond acceptors (Lipinski definition) is 3. The van der Waals surface area contributed by atoms with E-state index in [0.717, 1.165) is 19.3 Å². The van der Waals surface area contributed by atoms with E-state index < -0.39 is 0 Å². The van der Waals surface area contributed by atoms with Crippen LogP contribution in [0.2, 0.25) is 0 Å². The fraction of sp³-hybridized carbons (Fsp3) is 0.875. The molecule has 1 spiro atoms. The highest BCUT2D eigenvalue weighted by atomic mass is 16.6. The van der Waals surface area contributed by atoms with Crippen LogP contribution in [0.3, 0.4) is 0 Å². The molecule has 0 unspecified atom stereocenters. The summed E-state index contributed by atoms with van der Waals surface area (Å²) in [6, 6.07) is 0. The van der Waals surface area contributed by atoms with Gasteiger partial charge in [0.05, 0.1) is 12.0 Å². The third-order valence-corrected chi connectivity index (χ3v) is 3.17. The number of carbonyl (C=O) groups is 1. The molecule has 3 heteroatoms. The topological polar surface area (TPSA) is 35.5 Å². The van der Waals surface area contributed by atoms with Gasteiger partial charge in [-0.3, -0.25) is 4.79 Å². The van der Waals surface area contributed by atoms with Crippen LogP contribution in [0.25, 0.3) is 0 Å². The fourth-order valence-electron chi connectivity index (χ4n) is 2.57. The summed E-state index contributed by atoms with van der Waals surface area (Å²) in [5, 5.41) is 0. The Bertz CT molecular complexity index is 225. The van der Waals surface area contributed by atoms with E-state index in [9.17, 15) is 4.79 Å². The molecule has 0 N–H and O–H groups in total. The molecule has 11 heavy (non-hydrogen) atoms. The molecule has 3 aliphatic rings. The summed E-state index contributed by atoms with van der Waals surface area (Å²) in [7, 11) is 0. The van der Waals surface area contributed by atoms with E-state index in [-0.39, 0.29) is 17.5 Å². The second-order valence-electron chi connectivity index (χ2n) is 3.74. The van der Waals surface area contributed by atoms with Gasteiger partial charge in [-0.05, 0) is 19.3 Å². The third kappa shape index (κ3) is 0.562. The highest BCUT2D eigenvalue weighted by molar-refractivity contribution is 5.77. The zero-order valence-corrected chi connectivity index (χ0v) is 6.21. The molecule has 0 aromatic rings. The number of fused-ring (bicyclic) bond motifs is 1. The van der Waals surface area contributed by atoms with Gasteiger partial charge in [0.25, 0.3) is 0 Å². The van der Waals surface area contributed by atoms with Gasteiger partial charge >= 0.3 is 5.97 Å². The molecule has 60 valence electrons. The van der Waals surface area contributed by atoms with Gasteiger partial charge in [-0.1, -0.05) is 0 Å². The van der Waals surface area contributed by atoms with Gasteiger partial charge in [0, 0.05) is 0 Å². The molecule has 0 radical (unpaired) electrons. The minimum atomic E-state index is -0.179. The Morgan fingerprint density at radius 1 is 1.55 bits per heavy atom. The van der Waals surface area contributed by atoms with Crippen molar-refractivity contribution in [2.75, 3.05) is 6.61 Å². The minimum Gasteiger partial charge on any atom is -0.462 e. The first-order valence-electron chi connectivity index (χ1n) is 4.15. The molecule has 3 nitrogen and oxygen atoms in total. The predicted octanol–water partition coefficient (Wildman–Crippen LogP) is 0.481. The van der Waals surface area contributed by atoms with Crippen LogP contribution >= 0.6 is 0 Å². The van der Waals surface area contributed by atoms with Crippen LogP contribution in [0, 0.1) is 5.92 Å². The largest absolute Gasteiger partial charge is 0.462 e. The van der Waals surface area contributed by atoms with Gasteiger partial charge in [0.1, 0.15) is 12.2 Å². The maximum absolute atomic E-state index is 11.1. The smallest absolute Gasteiger partial charge is 0.312 e. The van der Waals surface area contributed by atoms with Crippen molar-refractivity contribution in [1.29, 1.82) is 0 Å². The average Bonchev–Trinajstić information content (AvgIpc) is 2.62. The maximum Gasteiger partial charge on any atom is 0.312 e. The third-order valence-electron chi connectivity index (χ3n) is 3.17. The van der Waals surface area contributed by atoms with Crippen molar-refractivity contribution in [1.82, 2.24) is 0 Å². The van der Waals surface area contributed by atoms with Crippen molar-refractivity contribution >= 4 is 5.97 Å². The summed E-state index contributed by atoms with van der Waals surface area (Å²) in [4.78, 5) is 11.1.